The van der Waals surface area contributed by atoms with Crippen LogP contribution in [-0.4, -0.2) is 65.5 Å². The molecule has 0 unspecified atom stereocenters. The molecule has 1 fully saturated rings. The van der Waals surface area contributed by atoms with Crippen LogP contribution in [0, 0.1) is 0 Å². The number of hydrogen-bond donors (Lipinski definition) is 1. The normalized spacial score (nSPS) is 18.2. The summed E-state index contributed by atoms with van der Waals surface area (Å²) in [6.45, 7) is 12.8. The Morgan fingerprint density at radius 1 is 1.22 bits per heavy atom. The molecule has 18 heavy (non-hydrogen) atoms. The minimum absolute atomic E-state index is 0.563. The minimum atomic E-state index is 0.563. The van der Waals surface area contributed by atoms with Crippen LogP contribution in [0.5, 0.6) is 0 Å². The summed E-state index contributed by atoms with van der Waals surface area (Å²) in [5.41, 5.74) is 6.04. The Kier molecular flexibility index (Phi) is 6.86. The van der Waals surface area contributed by atoms with Crippen LogP contribution >= 0.6 is 11.8 Å². The average Bonchev–Trinajstić information content (AvgIpc) is 2.34. The van der Waals surface area contributed by atoms with Crippen molar-refractivity contribution >= 4 is 17.7 Å². The van der Waals surface area contributed by atoms with Crippen molar-refractivity contribution in [1.82, 2.24) is 9.80 Å². The van der Waals surface area contributed by atoms with Crippen molar-refractivity contribution < 1.29 is 0 Å². The molecule has 0 aliphatic carbocycles. The van der Waals surface area contributed by atoms with E-state index < -0.39 is 0 Å². The van der Waals surface area contributed by atoms with Gasteiger partial charge in [-0.3, -0.25) is 9.89 Å². The molecule has 0 atom stereocenters. The Hall–Kier alpha value is -0.420. The van der Waals surface area contributed by atoms with Crippen molar-refractivity contribution in [2.24, 2.45) is 10.7 Å². The van der Waals surface area contributed by atoms with Crippen LogP contribution in [0.25, 0.3) is 0 Å². The molecule has 0 aromatic heterocycles. The monoisotopic (exact) mass is 272 g/mol. The number of thioether (sulfide) groups is 1. The zero-order valence-corrected chi connectivity index (χ0v) is 13.0. The van der Waals surface area contributed by atoms with Crippen molar-refractivity contribution in [3.8, 4) is 0 Å². The summed E-state index contributed by atoms with van der Waals surface area (Å²) in [6.07, 6.45) is 0. The first-order chi connectivity index (χ1) is 8.52. The van der Waals surface area contributed by atoms with Gasteiger partial charge < -0.3 is 10.6 Å². The van der Waals surface area contributed by atoms with Crippen molar-refractivity contribution in [2.75, 3.05) is 37.7 Å². The standard InChI is InChI=1S/C13H28N4S/c1-11(2)17(12(3)4)6-5-15-13(14)16-7-9-18-10-8-16/h11-12H,5-10H2,1-4H3,(H2,14,15). The highest BCUT2D eigenvalue weighted by molar-refractivity contribution is 7.99. The smallest absolute Gasteiger partial charge is 0.191 e. The van der Waals surface area contributed by atoms with Crippen molar-refractivity contribution in [3.63, 3.8) is 0 Å². The molecule has 1 aliphatic heterocycles. The van der Waals surface area contributed by atoms with Crippen LogP contribution in [0.2, 0.25) is 0 Å². The molecule has 1 heterocycles. The molecule has 106 valence electrons. The third kappa shape index (κ3) is 5.06. The Morgan fingerprint density at radius 2 is 1.78 bits per heavy atom. The molecule has 0 spiro atoms. The summed E-state index contributed by atoms with van der Waals surface area (Å²) in [5.74, 6) is 3.06. The molecule has 1 saturated heterocycles. The van der Waals surface area contributed by atoms with Gasteiger partial charge in [-0.1, -0.05) is 0 Å². The second-order valence-corrected chi connectivity index (χ2v) is 6.49. The summed E-state index contributed by atoms with van der Waals surface area (Å²) in [5, 5.41) is 0. The third-order valence-electron chi connectivity index (χ3n) is 3.29. The van der Waals surface area contributed by atoms with Gasteiger partial charge >= 0.3 is 0 Å². The van der Waals surface area contributed by atoms with Crippen molar-refractivity contribution in [1.29, 1.82) is 0 Å². The van der Waals surface area contributed by atoms with Gasteiger partial charge in [0.15, 0.2) is 5.96 Å². The first-order valence-corrected chi connectivity index (χ1v) is 8.06. The van der Waals surface area contributed by atoms with E-state index in [1.165, 1.54) is 11.5 Å². The third-order valence-corrected chi connectivity index (χ3v) is 4.24. The van der Waals surface area contributed by atoms with E-state index in [1.807, 2.05) is 11.8 Å². The maximum Gasteiger partial charge on any atom is 0.191 e. The SMILES string of the molecule is CC(C)N(CCN=C(N)N1CCSCC1)C(C)C. The first-order valence-electron chi connectivity index (χ1n) is 6.90. The van der Waals surface area contributed by atoms with Gasteiger partial charge in [-0.25, -0.2) is 0 Å². The van der Waals surface area contributed by atoms with E-state index in [1.54, 1.807) is 0 Å². The number of nitrogens with two attached hydrogens (primary N) is 1. The molecule has 0 saturated carbocycles. The summed E-state index contributed by atoms with van der Waals surface area (Å²) < 4.78 is 0. The fraction of sp³-hybridized carbons (Fsp3) is 0.923. The van der Waals surface area contributed by atoms with E-state index in [2.05, 4.69) is 42.5 Å². The Bertz CT molecular complexity index is 252. The molecule has 0 bridgehead atoms. The lowest BCUT2D eigenvalue weighted by Gasteiger charge is -2.30. The second-order valence-electron chi connectivity index (χ2n) is 5.26. The van der Waals surface area contributed by atoms with Crippen LogP contribution < -0.4 is 5.73 Å². The van der Waals surface area contributed by atoms with Crippen LogP contribution in [0.1, 0.15) is 27.7 Å². The quantitative estimate of drug-likeness (QED) is 0.608. The lowest BCUT2D eigenvalue weighted by atomic mass is 10.2. The molecular weight excluding hydrogens is 244 g/mol. The lowest BCUT2D eigenvalue weighted by molar-refractivity contribution is 0.180. The van der Waals surface area contributed by atoms with Gasteiger partial charge in [-0.05, 0) is 27.7 Å². The van der Waals surface area contributed by atoms with E-state index in [9.17, 15) is 0 Å². The van der Waals surface area contributed by atoms with Gasteiger partial charge in [0, 0.05) is 43.2 Å². The average molecular weight is 272 g/mol. The van der Waals surface area contributed by atoms with Gasteiger partial charge in [-0.15, -0.1) is 0 Å². The second kappa shape index (κ2) is 7.89. The first kappa shape index (κ1) is 15.6. The number of guanidine groups is 1. The maximum atomic E-state index is 6.04. The molecule has 0 radical (unpaired) electrons. The highest BCUT2D eigenvalue weighted by atomic mass is 32.2. The Balaban J connectivity index is 2.37. The molecule has 0 amide bonds. The minimum Gasteiger partial charge on any atom is -0.370 e. The predicted molar refractivity (Wildman–Crippen MR) is 82.4 cm³/mol. The van der Waals surface area contributed by atoms with Gasteiger partial charge in [0.2, 0.25) is 0 Å². The summed E-state index contributed by atoms with van der Waals surface area (Å²) in [6, 6.07) is 1.13. The Morgan fingerprint density at radius 3 is 2.28 bits per heavy atom. The topological polar surface area (TPSA) is 44.9 Å². The molecule has 2 N–H and O–H groups in total. The lowest BCUT2D eigenvalue weighted by Crippen LogP contribution is -2.43. The molecule has 5 heteroatoms. The maximum absolute atomic E-state index is 6.04. The van der Waals surface area contributed by atoms with Gasteiger partial charge in [-0.2, -0.15) is 11.8 Å². The number of hydrogen-bond acceptors (Lipinski definition) is 3. The summed E-state index contributed by atoms with van der Waals surface area (Å²) in [7, 11) is 0. The number of rotatable bonds is 5. The summed E-state index contributed by atoms with van der Waals surface area (Å²) in [4.78, 5) is 9.17. The molecule has 1 aliphatic rings. The van der Waals surface area contributed by atoms with Gasteiger partial charge in [0.25, 0.3) is 0 Å². The van der Waals surface area contributed by atoms with E-state index >= 15 is 0 Å². The molecular formula is C13H28N4S. The zero-order chi connectivity index (χ0) is 13.5. The highest BCUT2D eigenvalue weighted by Gasteiger charge is 2.14. The van der Waals surface area contributed by atoms with E-state index in [4.69, 9.17) is 5.73 Å². The van der Waals surface area contributed by atoms with E-state index in [0.717, 1.165) is 32.1 Å². The number of aliphatic imine (C=N–C) groups is 1. The van der Waals surface area contributed by atoms with Crippen LogP contribution in [0.15, 0.2) is 4.99 Å². The van der Waals surface area contributed by atoms with Gasteiger partial charge in [0.1, 0.15) is 0 Å². The molecule has 0 aromatic carbocycles. The van der Waals surface area contributed by atoms with Gasteiger partial charge in [0.05, 0.1) is 6.54 Å². The molecule has 0 aromatic rings. The van der Waals surface area contributed by atoms with Crippen LogP contribution in [-0.2, 0) is 0 Å². The molecule has 4 nitrogen and oxygen atoms in total. The molecule has 1 rings (SSSR count). The number of nitrogens with zero attached hydrogens (tertiary/aromatic N) is 3. The predicted octanol–water partition coefficient (Wildman–Crippen LogP) is 1.47. The van der Waals surface area contributed by atoms with E-state index in [-0.39, 0.29) is 0 Å². The fourth-order valence-corrected chi connectivity index (χ4v) is 3.19. The summed E-state index contributed by atoms with van der Waals surface area (Å²) >= 11 is 1.99. The zero-order valence-electron chi connectivity index (χ0n) is 12.2. The van der Waals surface area contributed by atoms with Crippen molar-refractivity contribution in [3.05, 3.63) is 0 Å². The van der Waals surface area contributed by atoms with E-state index in [0.29, 0.717) is 12.1 Å². The fourth-order valence-electron chi connectivity index (χ4n) is 2.29. The van der Waals surface area contributed by atoms with Crippen molar-refractivity contribution in [2.45, 2.75) is 39.8 Å². The van der Waals surface area contributed by atoms with Crippen LogP contribution in [0.4, 0.5) is 0 Å². The highest BCUT2D eigenvalue weighted by Crippen LogP contribution is 2.08. The van der Waals surface area contributed by atoms with Crippen LogP contribution in [0.3, 0.4) is 0 Å². The Labute approximate surface area is 116 Å². The largest absolute Gasteiger partial charge is 0.370 e.